The van der Waals surface area contributed by atoms with Gasteiger partial charge >= 0.3 is 0 Å². The highest BCUT2D eigenvalue weighted by Crippen LogP contribution is 2.31. The van der Waals surface area contributed by atoms with Crippen molar-refractivity contribution >= 4 is 15.9 Å². The summed E-state index contributed by atoms with van der Waals surface area (Å²) in [5.41, 5.74) is 0.969. The van der Waals surface area contributed by atoms with E-state index in [-0.39, 0.29) is 11.9 Å². The highest BCUT2D eigenvalue weighted by molar-refractivity contribution is 9.10. The molecule has 0 saturated carbocycles. The van der Waals surface area contributed by atoms with E-state index in [9.17, 15) is 4.39 Å². The first-order valence-corrected chi connectivity index (χ1v) is 4.93. The average molecular weight is 247 g/mol. The second kappa shape index (κ2) is 4.09. The Morgan fingerprint density at radius 3 is 2.54 bits per heavy atom. The fraction of sp³-hybridized carbons (Fsp3) is 0.400. The van der Waals surface area contributed by atoms with Crippen LogP contribution in [0.5, 0.6) is 5.75 Å². The lowest BCUT2D eigenvalue weighted by molar-refractivity contribution is 0.229. The molecule has 0 aromatic heterocycles. The molecule has 13 heavy (non-hydrogen) atoms. The number of aryl methyl sites for hydroxylation is 1. The zero-order valence-corrected chi connectivity index (χ0v) is 9.48. The molecule has 3 heteroatoms. The maximum atomic E-state index is 13.2. The number of benzene rings is 1. The predicted molar refractivity (Wildman–Crippen MR) is 54.6 cm³/mol. The van der Waals surface area contributed by atoms with Crippen LogP contribution in [0.15, 0.2) is 16.6 Å². The molecule has 0 aliphatic carbocycles. The minimum absolute atomic E-state index is 0.0207. The summed E-state index contributed by atoms with van der Waals surface area (Å²) >= 11 is 3.29. The molecule has 0 fully saturated rings. The fourth-order valence-electron chi connectivity index (χ4n) is 0.975. The molecule has 1 aromatic rings. The molecule has 72 valence electrons. The number of halogens is 2. The van der Waals surface area contributed by atoms with Gasteiger partial charge in [-0.25, -0.2) is 4.39 Å². The van der Waals surface area contributed by atoms with Crippen LogP contribution in [0, 0.1) is 12.7 Å². The van der Waals surface area contributed by atoms with Gasteiger partial charge in [-0.3, -0.25) is 0 Å². The molecule has 0 bridgehead atoms. The van der Waals surface area contributed by atoms with E-state index in [0.29, 0.717) is 10.2 Å². The van der Waals surface area contributed by atoms with Crippen LogP contribution in [0.3, 0.4) is 0 Å². The van der Waals surface area contributed by atoms with Crippen LogP contribution in [0.1, 0.15) is 19.4 Å². The normalized spacial score (nSPS) is 10.6. The van der Waals surface area contributed by atoms with Crippen molar-refractivity contribution in [3.63, 3.8) is 0 Å². The topological polar surface area (TPSA) is 9.23 Å². The van der Waals surface area contributed by atoms with Crippen molar-refractivity contribution in [2.45, 2.75) is 26.9 Å². The van der Waals surface area contributed by atoms with Crippen LogP contribution in [0.25, 0.3) is 0 Å². The Morgan fingerprint density at radius 1 is 1.38 bits per heavy atom. The maximum Gasteiger partial charge on any atom is 0.169 e. The zero-order chi connectivity index (χ0) is 10.0. The third-order valence-corrected chi connectivity index (χ3v) is 2.58. The third-order valence-electron chi connectivity index (χ3n) is 1.60. The lowest BCUT2D eigenvalue weighted by Crippen LogP contribution is -2.07. The summed E-state index contributed by atoms with van der Waals surface area (Å²) in [7, 11) is 0. The van der Waals surface area contributed by atoms with Crippen molar-refractivity contribution in [1.82, 2.24) is 0 Å². The number of ether oxygens (including phenoxy) is 1. The van der Waals surface area contributed by atoms with Gasteiger partial charge in [0.15, 0.2) is 11.6 Å². The monoisotopic (exact) mass is 246 g/mol. The average Bonchev–Trinajstić information content (AvgIpc) is 2.05. The van der Waals surface area contributed by atoms with E-state index in [1.807, 2.05) is 20.8 Å². The molecule has 0 atom stereocenters. The van der Waals surface area contributed by atoms with Crippen molar-refractivity contribution in [1.29, 1.82) is 0 Å². The molecule has 0 heterocycles. The molecule has 1 rings (SSSR count). The van der Waals surface area contributed by atoms with E-state index in [0.717, 1.165) is 5.56 Å². The van der Waals surface area contributed by atoms with Crippen LogP contribution in [-0.4, -0.2) is 6.10 Å². The molecule has 1 aromatic carbocycles. The first-order valence-electron chi connectivity index (χ1n) is 4.13. The van der Waals surface area contributed by atoms with Gasteiger partial charge in [-0.1, -0.05) is 6.07 Å². The van der Waals surface area contributed by atoms with E-state index in [4.69, 9.17) is 4.74 Å². The molecule has 0 spiro atoms. The first kappa shape index (κ1) is 10.5. The Hall–Kier alpha value is -0.570. The Labute approximate surface area is 86.0 Å². The third kappa shape index (κ3) is 2.44. The predicted octanol–water partition coefficient (Wildman–Crippen LogP) is 3.68. The van der Waals surface area contributed by atoms with Gasteiger partial charge in [-0.15, -0.1) is 0 Å². The molecular weight excluding hydrogens is 235 g/mol. The maximum absolute atomic E-state index is 13.2. The second-order valence-electron chi connectivity index (χ2n) is 3.17. The zero-order valence-electron chi connectivity index (χ0n) is 7.90. The van der Waals surface area contributed by atoms with E-state index in [1.54, 1.807) is 6.07 Å². The molecular formula is C10H12BrFO. The minimum Gasteiger partial charge on any atom is -0.487 e. The van der Waals surface area contributed by atoms with Gasteiger partial charge in [-0.2, -0.15) is 0 Å². The number of hydrogen-bond acceptors (Lipinski definition) is 1. The number of rotatable bonds is 2. The Kier molecular flexibility index (Phi) is 3.31. The van der Waals surface area contributed by atoms with Crippen LogP contribution in [-0.2, 0) is 0 Å². The number of hydrogen-bond donors (Lipinski definition) is 0. The molecule has 0 amide bonds. The summed E-state index contributed by atoms with van der Waals surface area (Å²) in [6, 6.07) is 3.13. The molecule has 0 N–H and O–H groups in total. The van der Waals surface area contributed by atoms with E-state index < -0.39 is 0 Å². The fourth-order valence-corrected chi connectivity index (χ4v) is 1.39. The standard InChI is InChI=1S/C10H12BrFO/c1-6(2)13-10-8(12)5-4-7(3)9(10)11/h4-6H,1-3H3. The lowest BCUT2D eigenvalue weighted by atomic mass is 10.2. The van der Waals surface area contributed by atoms with Gasteiger partial charge in [0.1, 0.15) is 0 Å². The SMILES string of the molecule is Cc1ccc(F)c(OC(C)C)c1Br. The smallest absolute Gasteiger partial charge is 0.169 e. The molecule has 0 aliphatic rings. The van der Waals surface area contributed by atoms with Gasteiger partial charge in [0.05, 0.1) is 10.6 Å². The summed E-state index contributed by atoms with van der Waals surface area (Å²) < 4.78 is 19.3. The Bertz CT molecular complexity index is 310. The van der Waals surface area contributed by atoms with Crippen LogP contribution < -0.4 is 4.74 Å². The van der Waals surface area contributed by atoms with Gasteiger partial charge in [0.25, 0.3) is 0 Å². The van der Waals surface area contributed by atoms with Crippen LogP contribution >= 0.6 is 15.9 Å². The largest absolute Gasteiger partial charge is 0.487 e. The van der Waals surface area contributed by atoms with Gasteiger partial charge < -0.3 is 4.74 Å². The highest BCUT2D eigenvalue weighted by atomic mass is 79.9. The lowest BCUT2D eigenvalue weighted by Gasteiger charge is -2.13. The molecule has 0 saturated heterocycles. The van der Waals surface area contributed by atoms with Gasteiger partial charge in [0, 0.05) is 0 Å². The first-order chi connectivity index (χ1) is 6.02. The van der Waals surface area contributed by atoms with Gasteiger partial charge in [0.2, 0.25) is 0 Å². The quantitative estimate of drug-likeness (QED) is 0.774. The van der Waals surface area contributed by atoms with Crippen molar-refractivity contribution in [3.05, 3.63) is 28.0 Å². The van der Waals surface area contributed by atoms with Crippen LogP contribution in [0.2, 0.25) is 0 Å². The molecule has 0 radical (unpaired) electrons. The van der Waals surface area contributed by atoms with E-state index >= 15 is 0 Å². The summed E-state index contributed by atoms with van der Waals surface area (Å²) in [4.78, 5) is 0. The summed E-state index contributed by atoms with van der Waals surface area (Å²) in [5.74, 6) is -0.0267. The Balaban J connectivity index is 3.10. The van der Waals surface area contributed by atoms with Crippen LogP contribution in [0.4, 0.5) is 4.39 Å². The summed E-state index contributed by atoms with van der Waals surface area (Å²) in [6.45, 7) is 5.64. The van der Waals surface area contributed by atoms with Crippen molar-refractivity contribution in [3.8, 4) is 5.75 Å². The second-order valence-corrected chi connectivity index (χ2v) is 3.97. The van der Waals surface area contributed by atoms with Crippen molar-refractivity contribution in [2.75, 3.05) is 0 Å². The van der Waals surface area contributed by atoms with Crippen molar-refractivity contribution in [2.24, 2.45) is 0 Å². The van der Waals surface area contributed by atoms with E-state index in [1.165, 1.54) is 6.07 Å². The summed E-state index contributed by atoms with van der Waals surface area (Å²) in [5, 5.41) is 0. The van der Waals surface area contributed by atoms with Crippen molar-refractivity contribution < 1.29 is 9.13 Å². The minimum atomic E-state index is -0.328. The highest BCUT2D eigenvalue weighted by Gasteiger charge is 2.11. The Morgan fingerprint density at radius 2 is 2.00 bits per heavy atom. The summed E-state index contributed by atoms with van der Waals surface area (Å²) in [6.07, 6.45) is -0.0207. The van der Waals surface area contributed by atoms with E-state index in [2.05, 4.69) is 15.9 Å². The van der Waals surface area contributed by atoms with Gasteiger partial charge in [-0.05, 0) is 48.3 Å². The molecule has 0 unspecified atom stereocenters. The molecule has 0 aliphatic heterocycles. The molecule has 1 nitrogen and oxygen atoms in total.